The molecule has 0 bridgehead atoms. The molecule has 0 aliphatic carbocycles. The SMILES string of the molecule is C[C@@H](O)CCNCc1c(O)cccc1Cl. The molecule has 1 rings (SSSR count). The Morgan fingerprint density at radius 3 is 2.80 bits per heavy atom. The van der Waals surface area contributed by atoms with Crippen LogP contribution in [0.2, 0.25) is 5.02 Å². The van der Waals surface area contributed by atoms with Gasteiger partial charge in [-0.15, -0.1) is 0 Å². The Bertz CT molecular complexity index is 295. The summed E-state index contributed by atoms with van der Waals surface area (Å²) >= 11 is 5.92. The highest BCUT2D eigenvalue weighted by Crippen LogP contribution is 2.24. The van der Waals surface area contributed by atoms with E-state index >= 15 is 0 Å². The first kappa shape index (κ1) is 12.3. The van der Waals surface area contributed by atoms with Crippen LogP contribution in [0.4, 0.5) is 0 Å². The van der Waals surface area contributed by atoms with Crippen molar-refractivity contribution < 1.29 is 10.2 Å². The van der Waals surface area contributed by atoms with Gasteiger partial charge in [0.2, 0.25) is 0 Å². The first-order valence-electron chi connectivity index (χ1n) is 4.96. The molecule has 0 radical (unpaired) electrons. The van der Waals surface area contributed by atoms with Gasteiger partial charge in [-0.1, -0.05) is 17.7 Å². The molecule has 84 valence electrons. The van der Waals surface area contributed by atoms with Gasteiger partial charge in [-0.25, -0.2) is 0 Å². The number of aromatic hydroxyl groups is 1. The molecule has 0 aliphatic rings. The lowest BCUT2D eigenvalue weighted by molar-refractivity contribution is 0.183. The van der Waals surface area contributed by atoms with E-state index in [9.17, 15) is 5.11 Å². The van der Waals surface area contributed by atoms with Crippen LogP contribution >= 0.6 is 11.6 Å². The van der Waals surface area contributed by atoms with Crippen molar-refractivity contribution in [3.8, 4) is 5.75 Å². The number of hydrogen-bond acceptors (Lipinski definition) is 3. The minimum atomic E-state index is -0.308. The molecule has 1 aromatic carbocycles. The van der Waals surface area contributed by atoms with E-state index in [1.807, 2.05) is 0 Å². The van der Waals surface area contributed by atoms with Crippen LogP contribution in [0, 0.1) is 0 Å². The highest BCUT2D eigenvalue weighted by Gasteiger charge is 2.05. The van der Waals surface area contributed by atoms with E-state index in [2.05, 4.69) is 5.32 Å². The number of rotatable bonds is 5. The summed E-state index contributed by atoms with van der Waals surface area (Å²) in [4.78, 5) is 0. The summed E-state index contributed by atoms with van der Waals surface area (Å²) in [6.07, 6.45) is 0.378. The van der Waals surface area contributed by atoms with E-state index < -0.39 is 0 Å². The normalized spacial score (nSPS) is 12.7. The summed E-state index contributed by atoms with van der Waals surface area (Å²) in [5.74, 6) is 0.201. The largest absolute Gasteiger partial charge is 0.508 e. The average molecular weight is 230 g/mol. The van der Waals surface area contributed by atoms with Gasteiger partial charge in [-0.2, -0.15) is 0 Å². The second-order valence-corrected chi connectivity index (χ2v) is 3.96. The van der Waals surface area contributed by atoms with Gasteiger partial charge in [0, 0.05) is 17.1 Å². The van der Waals surface area contributed by atoms with Crippen LogP contribution in [0.3, 0.4) is 0 Å². The number of aliphatic hydroxyl groups excluding tert-OH is 1. The molecule has 15 heavy (non-hydrogen) atoms. The summed E-state index contributed by atoms with van der Waals surface area (Å²) in [5, 5.41) is 22.2. The monoisotopic (exact) mass is 229 g/mol. The van der Waals surface area contributed by atoms with Gasteiger partial charge in [0.1, 0.15) is 5.75 Å². The van der Waals surface area contributed by atoms with Crippen molar-refractivity contribution in [3.05, 3.63) is 28.8 Å². The maximum Gasteiger partial charge on any atom is 0.121 e. The molecule has 1 atom stereocenters. The lowest BCUT2D eigenvalue weighted by Gasteiger charge is -2.09. The van der Waals surface area contributed by atoms with E-state index in [4.69, 9.17) is 16.7 Å². The molecule has 4 heteroatoms. The molecule has 0 aromatic heterocycles. The zero-order chi connectivity index (χ0) is 11.3. The molecule has 0 aliphatic heterocycles. The maximum absolute atomic E-state index is 9.53. The predicted molar refractivity (Wildman–Crippen MR) is 61.1 cm³/mol. The van der Waals surface area contributed by atoms with Crippen molar-refractivity contribution in [2.75, 3.05) is 6.54 Å². The van der Waals surface area contributed by atoms with E-state index in [1.165, 1.54) is 0 Å². The van der Waals surface area contributed by atoms with Crippen molar-refractivity contribution in [1.29, 1.82) is 0 Å². The molecule has 1 aromatic rings. The van der Waals surface area contributed by atoms with Crippen LogP contribution in [0.1, 0.15) is 18.9 Å². The Morgan fingerprint density at radius 2 is 2.20 bits per heavy atom. The van der Waals surface area contributed by atoms with Gasteiger partial charge in [0.05, 0.1) is 6.10 Å². The highest BCUT2D eigenvalue weighted by molar-refractivity contribution is 6.31. The second-order valence-electron chi connectivity index (χ2n) is 3.55. The lowest BCUT2D eigenvalue weighted by Crippen LogP contribution is -2.18. The van der Waals surface area contributed by atoms with Crippen LogP contribution in [-0.2, 0) is 6.54 Å². The molecule has 3 N–H and O–H groups in total. The van der Waals surface area contributed by atoms with Crippen molar-refractivity contribution in [1.82, 2.24) is 5.32 Å². The van der Waals surface area contributed by atoms with Gasteiger partial charge >= 0.3 is 0 Å². The number of benzene rings is 1. The number of aliphatic hydroxyl groups is 1. The Morgan fingerprint density at radius 1 is 1.47 bits per heavy atom. The summed E-state index contributed by atoms with van der Waals surface area (Å²) in [6, 6.07) is 5.06. The number of nitrogens with one attached hydrogen (secondary N) is 1. The first-order valence-corrected chi connectivity index (χ1v) is 5.34. The highest BCUT2D eigenvalue weighted by atomic mass is 35.5. The topological polar surface area (TPSA) is 52.5 Å². The third-order valence-electron chi connectivity index (χ3n) is 2.13. The summed E-state index contributed by atoms with van der Waals surface area (Å²) < 4.78 is 0. The molecule has 3 nitrogen and oxygen atoms in total. The number of phenolic OH excluding ortho intramolecular Hbond substituents is 1. The molecule has 0 unspecified atom stereocenters. The van der Waals surface area contributed by atoms with E-state index in [0.29, 0.717) is 30.1 Å². The fraction of sp³-hybridized carbons (Fsp3) is 0.455. The molecule has 0 fully saturated rings. The zero-order valence-corrected chi connectivity index (χ0v) is 9.46. The van der Waals surface area contributed by atoms with Gasteiger partial charge in [0.15, 0.2) is 0 Å². The van der Waals surface area contributed by atoms with E-state index in [0.717, 1.165) is 0 Å². The van der Waals surface area contributed by atoms with E-state index in [1.54, 1.807) is 25.1 Å². The number of halogens is 1. The quantitative estimate of drug-likeness (QED) is 0.676. The van der Waals surface area contributed by atoms with Crippen LogP contribution in [-0.4, -0.2) is 22.9 Å². The zero-order valence-electron chi connectivity index (χ0n) is 8.70. The van der Waals surface area contributed by atoms with Gasteiger partial charge in [-0.05, 0) is 32.0 Å². The third kappa shape index (κ3) is 4.08. The van der Waals surface area contributed by atoms with Gasteiger partial charge in [-0.3, -0.25) is 0 Å². The maximum atomic E-state index is 9.53. The Balaban J connectivity index is 2.43. The van der Waals surface area contributed by atoms with Gasteiger partial charge in [0.25, 0.3) is 0 Å². The fourth-order valence-electron chi connectivity index (χ4n) is 1.25. The fourth-order valence-corrected chi connectivity index (χ4v) is 1.48. The number of hydrogen-bond donors (Lipinski definition) is 3. The summed E-state index contributed by atoms with van der Waals surface area (Å²) in [5.41, 5.74) is 0.699. The Hall–Kier alpha value is -0.770. The van der Waals surface area contributed by atoms with Crippen LogP contribution in [0.5, 0.6) is 5.75 Å². The smallest absolute Gasteiger partial charge is 0.121 e. The van der Waals surface area contributed by atoms with Crippen LogP contribution < -0.4 is 5.32 Å². The average Bonchev–Trinajstić information content (AvgIpc) is 2.15. The molecule has 0 saturated heterocycles. The van der Waals surface area contributed by atoms with Crippen molar-refractivity contribution in [2.24, 2.45) is 0 Å². The number of phenols is 1. The molecule has 0 heterocycles. The van der Waals surface area contributed by atoms with Crippen LogP contribution in [0.25, 0.3) is 0 Å². The van der Waals surface area contributed by atoms with Crippen molar-refractivity contribution >= 4 is 11.6 Å². The minimum Gasteiger partial charge on any atom is -0.508 e. The molecular weight excluding hydrogens is 214 g/mol. The first-order chi connectivity index (χ1) is 7.11. The second kappa shape index (κ2) is 5.95. The van der Waals surface area contributed by atoms with Crippen LogP contribution in [0.15, 0.2) is 18.2 Å². The lowest BCUT2D eigenvalue weighted by atomic mass is 10.2. The molecule has 0 spiro atoms. The summed E-state index contributed by atoms with van der Waals surface area (Å²) in [6.45, 7) is 2.95. The molecule has 0 saturated carbocycles. The van der Waals surface area contributed by atoms with E-state index in [-0.39, 0.29) is 11.9 Å². The standard InChI is InChI=1S/C11H16ClNO2/c1-8(14)5-6-13-7-9-10(12)3-2-4-11(9)15/h2-4,8,13-15H,5-7H2,1H3/t8-/m1/s1. The molecular formula is C11H16ClNO2. The van der Waals surface area contributed by atoms with Gasteiger partial charge < -0.3 is 15.5 Å². The van der Waals surface area contributed by atoms with Crippen molar-refractivity contribution in [2.45, 2.75) is 26.0 Å². The Labute approximate surface area is 94.7 Å². The summed E-state index contributed by atoms with van der Waals surface area (Å²) in [7, 11) is 0. The predicted octanol–water partition coefficient (Wildman–Crippen LogP) is 1.91. The third-order valence-corrected chi connectivity index (χ3v) is 2.49. The molecule has 0 amide bonds. The van der Waals surface area contributed by atoms with Crippen molar-refractivity contribution in [3.63, 3.8) is 0 Å². The Kier molecular flexibility index (Phi) is 4.88. The minimum absolute atomic E-state index is 0.201.